The summed E-state index contributed by atoms with van der Waals surface area (Å²) in [5, 5.41) is 10.1. The second kappa shape index (κ2) is 7.35. The van der Waals surface area contributed by atoms with Crippen LogP contribution in [-0.4, -0.2) is 39.2 Å². The molecule has 0 radical (unpaired) electrons. The Morgan fingerprint density at radius 3 is 2.32 bits per heavy atom. The summed E-state index contributed by atoms with van der Waals surface area (Å²) in [6.07, 6.45) is 0.934. The van der Waals surface area contributed by atoms with E-state index in [1.165, 1.54) is 11.6 Å². The van der Waals surface area contributed by atoms with Gasteiger partial charge in [-0.15, -0.1) is 10.2 Å². The van der Waals surface area contributed by atoms with Crippen molar-refractivity contribution < 1.29 is 13.2 Å². The molecule has 0 spiro atoms. The molecule has 0 aliphatic carbocycles. The van der Waals surface area contributed by atoms with Crippen molar-refractivity contribution in [1.29, 1.82) is 0 Å². The highest BCUT2D eigenvalue weighted by molar-refractivity contribution is 5.34. The smallest absolute Gasteiger partial charge is 0.366 e. The highest BCUT2D eigenvalue weighted by Gasteiger charge is 2.33. The van der Waals surface area contributed by atoms with E-state index in [1.807, 2.05) is 12.1 Å². The van der Waals surface area contributed by atoms with E-state index >= 15 is 0 Å². The number of halogens is 3. The molecule has 1 aliphatic rings. The predicted octanol–water partition coefficient (Wildman–Crippen LogP) is 3.53. The first-order chi connectivity index (χ1) is 11.9. The van der Waals surface area contributed by atoms with Crippen LogP contribution in [0.25, 0.3) is 0 Å². The summed E-state index contributed by atoms with van der Waals surface area (Å²) in [6, 6.07) is 6.83. The van der Waals surface area contributed by atoms with Crippen LogP contribution in [0.3, 0.4) is 0 Å². The molecule has 0 aromatic carbocycles. The normalized spacial score (nSPS) is 18.1. The molecular weight excluding hydrogens is 331 g/mol. The van der Waals surface area contributed by atoms with Crippen LogP contribution in [0, 0.1) is 0 Å². The van der Waals surface area contributed by atoms with Crippen molar-refractivity contribution in [3.8, 4) is 0 Å². The van der Waals surface area contributed by atoms with E-state index in [2.05, 4.69) is 32.3 Å². The lowest BCUT2D eigenvalue weighted by Crippen LogP contribution is -2.40. The molecule has 1 aliphatic heterocycles. The van der Waals surface area contributed by atoms with Gasteiger partial charge >= 0.3 is 6.18 Å². The van der Waals surface area contributed by atoms with E-state index in [1.54, 1.807) is 12.4 Å². The average molecular weight is 351 g/mol. The number of nitrogens with zero attached hydrogens (tertiary/aromatic N) is 4. The Morgan fingerprint density at radius 2 is 1.76 bits per heavy atom. The number of hydrogen-bond donors (Lipinski definition) is 1. The molecule has 1 N–H and O–H groups in total. The first-order valence-corrected chi connectivity index (χ1v) is 8.25. The minimum atomic E-state index is -4.46. The molecule has 0 bridgehead atoms. The number of aromatic nitrogens is 3. The fraction of sp³-hybridized carbons (Fsp3) is 0.471. The molecule has 1 atom stereocenters. The van der Waals surface area contributed by atoms with Crippen LogP contribution in [-0.2, 0) is 6.18 Å². The predicted molar refractivity (Wildman–Crippen MR) is 87.9 cm³/mol. The molecule has 25 heavy (non-hydrogen) atoms. The Kier molecular flexibility index (Phi) is 5.17. The molecule has 2 aromatic heterocycles. The quantitative estimate of drug-likeness (QED) is 0.913. The number of likely N-dealkylation sites (tertiary alicyclic amines) is 1. The van der Waals surface area contributed by atoms with Crippen LogP contribution >= 0.6 is 0 Å². The zero-order valence-electron chi connectivity index (χ0n) is 13.9. The molecule has 0 saturated carbocycles. The summed E-state index contributed by atoms with van der Waals surface area (Å²) in [4.78, 5) is 6.44. The maximum Gasteiger partial charge on any atom is 0.435 e. The molecule has 0 amide bonds. The van der Waals surface area contributed by atoms with E-state index in [0.717, 1.165) is 32.0 Å². The summed E-state index contributed by atoms with van der Waals surface area (Å²) < 4.78 is 37.5. The Labute approximate surface area is 144 Å². The largest absolute Gasteiger partial charge is 0.435 e. The third-order valence-corrected chi connectivity index (χ3v) is 4.57. The second-order valence-electron chi connectivity index (χ2n) is 6.21. The van der Waals surface area contributed by atoms with E-state index in [-0.39, 0.29) is 6.04 Å². The zero-order valence-corrected chi connectivity index (χ0v) is 13.9. The third-order valence-electron chi connectivity index (χ3n) is 4.57. The Morgan fingerprint density at radius 1 is 1.08 bits per heavy atom. The van der Waals surface area contributed by atoms with Crippen LogP contribution in [0.15, 0.2) is 36.7 Å². The lowest BCUT2D eigenvalue weighted by atomic mass is 10.0. The van der Waals surface area contributed by atoms with Crippen molar-refractivity contribution in [3.63, 3.8) is 0 Å². The van der Waals surface area contributed by atoms with Gasteiger partial charge in [0, 0.05) is 37.6 Å². The number of hydrogen-bond acceptors (Lipinski definition) is 5. The molecule has 1 saturated heterocycles. The number of nitrogens with one attached hydrogen (secondary N) is 1. The number of piperidine rings is 1. The Hall–Kier alpha value is -2.22. The fourth-order valence-electron chi connectivity index (χ4n) is 3.05. The van der Waals surface area contributed by atoms with Gasteiger partial charge < -0.3 is 5.32 Å². The molecular formula is C17H20F3N5. The molecule has 8 heteroatoms. The number of pyridine rings is 1. The molecule has 3 heterocycles. The van der Waals surface area contributed by atoms with Gasteiger partial charge in [-0.3, -0.25) is 9.88 Å². The minimum absolute atomic E-state index is 0.187. The van der Waals surface area contributed by atoms with Gasteiger partial charge in [0.15, 0.2) is 5.69 Å². The Balaban J connectivity index is 1.52. The summed E-state index contributed by atoms with van der Waals surface area (Å²) in [7, 11) is 0. The van der Waals surface area contributed by atoms with Crippen molar-refractivity contribution in [2.45, 2.75) is 38.0 Å². The van der Waals surface area contributed by atoms with Gasteiger partial charge in [0.05, 0.1) is 0 Å². The van der Waals surface area contributed by atoms with Crippen LogP contribution in [0.4, 0.5) is 19.0 Å². The summed E-state index contributed by atoms with van der Waals surface area (Å²) >= 11 is 0. The highest BCUT2D eigenvalue weighted by Crippen LogP contribution is 2.28. The third kappa shape index (κ3) is 4.45. The van der Waals surface area contributed by atoms with Gasteiger partial charge in [-0.1, -0.05) is 0 Å². The Bertz CT molecular complexity index is 667. The van der Waals surface area contributed by atoms with Crippen LogP contribution in [0.2, 0.25) is 0 Å². The van der Waals surface area contributed by atoms with Crippen LogP contribution in [0.1, 0.15) is 37.1 Å². The van der Waals surface area contributed by atoms with Crippen molar-refractivity contribution in [1.82, 2.24) is 20.1 Å². The maximum atomic E-state index is 12.5. The monoisotopic (exact) mass is 351 g/mol. The number of alkyl halides is 3. The summed E-state index contributed by atoms with van der Waals surface area (Å²) in [6.45, 7) is 3.99. The molecule has 3 rings (SSSR count). The molecule has 1 fully saturated rings. The maximum absolute atomic E-state index is 12.5. The minimum Gasteiger partial charge on any atom is -0.366 e. The van der Waals surface area contributed by atoms with Gasteiger partial charge in [-0.2, -0.15) is 13.2 Å². The molecule has 2 aromatic rings. The van der Waals surface area contributed by atoms with E-state index in [0.29, 0.717) is 11.9 Å². The van der Waals surface area contributed by atoms with E-state index in [4.69, 9.17) is 0 Å². The topological polar surface area (TPSA) is 53.9 Å². The van der Waals surface area contributed by atoms with E-state index < -0.39 is 11.9 Å². The van der Waals surface area contributed by atoms with Gasteiger partial charge in [0.1, 0.15) is 5.82 Å². The SMILES string of the molecule is CC(c1ccncc1)N1CCC(Nc2ccc(C(F)(F)F)nn2)CC1. The standard InChI is InChI=1S/C17H20F3N5/c1-12(13-4-8-21-9-5-13)25-10-6-14(7-11-25)22-16-3-2-15(23-24-16)17(18,19)20/h2-5,8-9,12,14H,6-7,10-11H2,1H3,(H,22,24). The van der Waals surface area contributed by atoms with Crippen LogP contribution < -0.4 is 5.32 Å². The van der Waals surface area contributed by atoms with Gasteiger partial charge in [-0.05, 0) is 49.6 Å². The van der Waals surface area contributed by atoms with Crippen molar-refractivity contribution in [2.75, 3.05) is 18.4 Å². The zero-order chi connectivity index (χ0) is 17.9. The van der Waals surface area contributed by atoms with Gasteiger partial charge in [0.25, 0.3) is 0 Å². The van der Waals surface area contributed by atoms with Gasteiger partial charge in [0.2, 0.25) is 0 Å². The number of rotatable bonds is 4. The fourth-order valence-corrected chi connectivity index (χ4v) is 3.05. The summed E-state index contributed by atoms with van der Waals surface area (Å²) in [5.74, 6) is 0.383. The van der Waals surface area contributed by atoms with E-state index in [9.17, 15) is 13.2 Å². The van der Waals surface area contributed by atoms with Crippen molar-refractivity contribution >= 4 is 5.82 Å². The van der Waals surface area contributed by atoms with Crippen LogP contribution in [0.5, 0.6) is 0 Å². The second-order valence-corrected chi connectivity index (χ2v) is 6.21. The first-order valence-electron chi connectivity index (χ1n) is 8.25. The highest BCUT2D eigenvalue weighted by atomic mass is 19.4. The molecule has 5 nitrogen and oxygen atoms in total. The van der Waals surface area contributed by atoms with Crippen molar-refractivity contribution in [2.24, 2.45) is 0 Å². The summed E-state index contributed by atoms with van der Waals surface area (Å²) in [5.41, 5.74) is 0.258. The number of anilines is 1. The molecule has 1 unspecified atom stereocenters. The lowest BCUT2D eigenvalue weighted by Gasteiger charge is -2.36. The molecule has 134 valence electrons. The van der Waals surface area contributed by atoms with Crippen molar-refractivity contribution in [3.05, 3.63) is 47.9 Å². The van der Waals surface area contributed by atoms with Gasteiger partial charge in [-0.25, -0.2) is 0 Å². The lowest BCUT2D eigenvalue weighted by molar-refractivity contribution is -0.141. The first kappa shape index (κ1) is 17.6. The average Bonchev–Trinajstić information content (AvgIpc) is 2.62.